The predicted molar refractivity (Wildman–Crippen MR) is 84.5 cm³/mol. The molecule has 0 atom stereocenters. The third-order valence-electron chi connectivity index (χ3n) is 3.85. The van der Waals surface area contributed by atoms with Crippen LogP contribution in [0.2, 0.25) is 0 Å². The second kappa shape index (κ2) is 9.49. The monoisotopic (exact) mass is 291 g/mol. The maximum atomic E-state index is 13.3. The second-order valence-corrected chi connectivity index (χ2v) is 5.18. The molecule has 1 aromatic rings. The number of benzene rings is 1. The van der Waals surface area contributed by atoms with Gasteiger partial charge in [0.15, 0.2) is 0 Å². The van der Waals surface area contributed by atoms with Crippen LogP contribution in [0, 0.1) is 17.1 Å². The molecule has 0 amide bonds. The smallest absolute Gasteiger partial charge is 0.140 e. The SMILES string of the molecule is CCN(CC)CCCN(CC)Cc1ccc(F)c(C#N)c1. The van der Waals surface area contributed by atoms with Crippen LogP contribution >= 0.6 is 0 Å². The molecule has 0 bridgehead atoms. The van der Waals surface area contributed by atoms with E-state index in [2.05, 4.69) is 30.6 Å². The van der Waals surface area contributed by atoms with E-state index < -0.39 is 5.82 Å². The van der Waals surface area contributed by atoms with E-state index in [1.807, 2.05) is 6.07 Å². The van der Waals surface area contributed by atoms with E-state index >= 15 is 0 Å². The Balaban J connectivity index is 2.52. The largest absolute Gasteiger partial charge is 0.304 e. The maximum absolute atomic E-state index is 13.3. The van der Waals surface area contributed by atoms with Crippen LogP contribution in [0.25, 0.3) is 0 Å². The molecule has 0 aliphatic carbocycles. The Bertz CT molecular complexity index is 464. The summed E-state index contributed by atoms with van der Waals surface area (Å²) in [7, 11) is 0. The van der Waals surface area contributed by atoms with E-state index in [0.717, 1.165) is 51.3 Å². The highest BCUT2D eigenvalue weighted by atomic mass is 19.1. The molecule has 21 heavy (non-hydrogen) atoms. The van der Waals surface area contributed by atoms with Crippen molar-refractivity contribution in [1.29, 1.82) is 5.26 Å². The summed E-state index contributed by atoms with van der Waals surface area (Å²) in [4.78, 5) is 4.75. The van der Waals surface area contributed by atoms with Crippen molar-refractivity contribution in [3.63, 3.8) is 0 Å². The van der Waals surface area contributed by atoms with Gasteiger partial charge < -0.3 is 4.90 Å². The first-order chi connectivity index (χ1) is 10.1. The van der Waals surface area contributed by atoms with Crippen molar-refractivity contribution in [2.75, 3.05) is 32.7 Å². The number of halogens is 1. The van der Waals surface area contributed by atoms with Crippen molar-refractivity contribution in [2.45, 2.75) is 33.7 Å². The van der Waals surface area contributed by atoms with Crippen molar-refractivity contribution in [3.05, 3.63) is 35.1 Å². The minimum Gasteiger partial charge on any atom is -0.304 e. The molecule has 0 aliphatic rings. The van der Waals surface area contributed by atoms with Gasteiger partial charge in [-0.25, -0.2) is 4.39 Å². The number of nitriles is 1. The Labute approximate surface area is 128 Å². The fourth-order valence-electron chi connectivity index (χ4n) is 2.42. The lowest BCUT2D eigenvalue weighted by Gasteiger charge is -2.23. The summed E-state index contributed by atoms with van der Waals surface area (Å²) in [6.07, 6.45) is 1.13. The molecule has 0 saturated heterocycles. The molecule has 0 heterocycles. The summed E-state index contributed by atoms with van der Waals surface area (Å²) in [5.41, 5.74) is 1.13. The highest BCUT2D eigenvalue weighted by Gasteiger charge is 2.08. The van der Waals surface area contributed by atoms with Gasteiger partial charge in [-0.3, -0.25) is 4.90 Å². The Morgan fingerprint density at radius 3 is 2.24 bits per heavy atom. The molecule has 1 rings (SSSR count). The number of rotatable bonds is 9. The molecule has 116 valence electrons. The van der Waals surface area contributed by atoms with Crippen molar-refractivity contribution in [1.82, 2.24) is 9.80 Å². The van der Waals surface area contributed by atoms with Crippen LogP contribution in [0.15, 0.2) is 18.2 Å². The zero-order chi connectivity index (χ0) is 15.7. The van der Waals surface area contributed by atoms with Crippen LogP contribution in [0.3, 0.4) is 0 Å². The lowest BCUT2D eigenvalue weighted by molar-refractivity contribution is 0.238. The van der Waals surface area contributed by atoms with E-state index in [4.69, 9.17) is 5.26 Å². The van der Waals surface area contributed by atoms with Crippen LogP contribution < -0.4 is 0 Å². The molecule has 0 aromatic heterocycles. The minimum atomic E-state index is -0.439. The van der Waals surface area contributed by atoms with Gasteiger partial charge in [0.1, 0.15) is 11.9 Å². The van der Waals surface area contributed by atoms with Gasteiger partial charge in [-0.15, -0.1) is 0 Å². The Morgan fingerprint density at radius 2 is 1.67 bits per heavy atom. The van der Waals surface area contributed by atoms with E-state index in [-0.39, 0.29) is 5.56 Å². The highest BCUT2D eigenvalue weighted by molar-refractivity contribution is 5.34. The molecule has 0 spiro atoms. The molecule has 0 radical (unpaired) electrons. The molecular formula is C17H26FN3. The van der Waals surface area contributed by atoms with Gasteiger partial charge in [-0.05, 0) is 56.8 Å². The number of hydrogen-bond acceptors (Lipinski definition) is 3. The molecule has 4 heteroatoms. The van der Waals surface area contributed by atoms with E-state index in [0.29, 0.717) is 0 Å². The summed E-state index contributed by atoms with van der Waals surface area (Å²) in [6, 6.07) is 6.71. The van der Waals surface area contributed by atoms with E-state index in [1.54, 1.807) is 12.1 Å². The molecule has 0 aliphatic heterocycles. The zero-order valence-electron chi connectivity index (χ0n) is 13.4. The van der Waals surface area contributed by atoms with Crippen LogP contribution in [0.1, 0.15) is 38.3 Å². The summed E-state index contributed by atoms with van der Waals surface area (Å²) < 4.78 is 13.3. The third-order valence-corrected chi connectivity index (χ3v) is 3.85. The maximum Gasteiger partial charge on any atom is 0.140 e. The van der Waals surface area contributed by atoms with Gasteiger partial charge in [0.2, 0.25) is 0 Å². The average Bonchev–Trinajstić information content (AvgIpc) is 2.52. The standard InChI is InChI=1S/C17H26FN3/c1-4-20(5-2)10-7-11-21(6-3)14-15-8-9-17(18)16(12-15)13-19/h8-9,12H,4-7,10-11,14H2,1-3H3. The number of hydrogen-bond donors (Lipinski definition) is 0. The first kappa shape index (κ1) is 17.6. The van der Waals surface area contributed by atoms with Crippen molar-refractivity contribution in [3.8, 4) is 6.07 Å². The molecule has 0 unspecified atom stereocenters. The van der Waals surface area contributed by atoms with Crippen molar-refractivity contribution < 1.29 is 4.39 Å². The van der Waals surface area contributed by atoms with Gasteiger partial charge in [-0.2, -0.15) is 5.26 Å². The van der Waals surface area contributed by atoms with E-state index in [1.165, 1.54) is 6.07 Å². The summed E-state index contributed by atoms with van der Waals surface area (Å²) in [5, 5.41) is 8.88. The Hall–Kier alpha value is -1.44. The zero-order valence-corrected chi connectivity index (χ0v) is 13.4. The fourth-order valence-corrected chi connectivity index (χ4v) is 2.42. The lowest BCUT2D eigenvalue weighted by Crippen LogP contribution is -2.29. The molecule has 0 saturated carbocycles. The first-order valence-corrected chi connectivity index (χ1v) is 7.77. The molecule has 0 fully saturated rings. The first-order valence-electron chi connectivity index (χ1n) is 7.77. The minimum absolute atomic E-state index is 0.131. The lowest BCUT2D eigenvalue weighted by atomic mass is 10.1. The van der Waals surface area contributed by atoms with Crippen LogP contribution in [-0.2, 0) is 6.54 Å². The van der Waals surface area contributed by atoms with Crippen molar-refractivity contribution >= 4 is 0 Å². The normalized spacial score (nSPS) is 11.1. The van der Waals surface area contributed by atoms with Crippen LogP contribution in [0.5, 0.6) is 0 Å². The molecule has 1 aromatic carbocycles. The highest BCUT2D eigenvalue weighted by Crippen LogP contribution is 2.12. The molecular weight excluding hydrogens is 265 g/mol. The number of nitrogens with zero attached hydrogens (tertiary/aromatic N) is 3. The van der Waals surface area contributed by atoms with Gasteiger partial charge in [-0.1, -0.05) is 26.8 Å². The van der Waals surface area contributed by atoms with Gasteiger partial charge in [0, 0.05) is 6.54 Å². The van der Waals surface area contributed by atoms with Crippen LogP contribution in [-0.4, -0.2) is 42.5 Å². The Kier molecular flexibility index (Phi) is 7.96. The van der Waals surface area contributed by atoms with Gasteiger partial charge in [0.05, 0.1) is 5.56 Å². The second-order valence-electron chi connectivity index (χ2n) is 5.18. The fraction of sp³-hybridized carbons (Fsp3) is 0.588. The molecule has 0 N–H and O–H groups in total. The average molecular weight is 291 g/mol. The van der Waals surface area contributed by atoms with Gasteiger partial charge >= 0.3 is 0 Å². The topological polar surface area (TPSA) is 30.3 Å². The van der Waals surface area contributed by atoms with Gasteiger partial charge in [0.25, 0.3) is 0 Å². The summed E-state index contributed by atoms with van der Waals surface area (Å²) >= 11 is 0. The predicted octanol–water partition coefficient (Wildman–Crippen LogP) is 3.25. The summed E-state index contributed by atoms with van der Waals surface area (Å²) in [5.74, 6) is -0.439. The Morgan fingerprint density at radius 1 is 1.05 bits per heavy atom. The van der Waals surface area contributed by atoms with Crippen molar-refractivity contribution in [2.24, 2.45) is 0 Å². The molecule has 3 nitrogen and oxygen atoms in total. The van der Waals surface area contributed by atoms with E-state index in [9.17, 15) is 4.39 Å². The third kappa shape index (κ3) is 5.82. The summed E-state index contributed by atoms with van der Waals surface area (Å²) in [6.45, 7) is 12.5. The quantitative estimate of drug-likeness (QED) is 0.699. The van der Waals surface area contributed by atoms with Crippen LogP contribution in [0.4, 0.5) is 4.39 Å².